The molecule has 0 spiro atoms. The molecule has 160 valence electrons. The van der Waals surface area contributed by atoms with Crippen molar-refractivity contribution in [1.29, 1.82) is 0 Å². The van der Waals surface area contributed by atoms with Crippen molar-refractivity contribution < 1.29 is 9.53 Å². The molecule has 2 aliphatic rings. The van der Waals surface area contributed by atoms with E-state index in [2.05, 4.69) is 29.1 Å². The van der Waals surface area contributed by atoms with Crippen LogP contribution in [0.3, 0.4) is 0 Å². The smallest absolute Gasteiger partial charge is 0.302 e. The number of fused-ring (bicyclic) bond motifs is 1. The molecule has 1 fully saturated rings. The van der Waals surface area contributed by atoms with Gasteiger partial charge in [0.2, 0.25) is 5.88 Å². The van der Waals surface area contributed by atoms with E-state index in [1.54, 1.807) is 6.92 Å². The van der Waals surface area contributed by atoms with Crippen molar-refractivity contribution in [3.05, 3.63) is 77.6 Å². The number of carbonyl (C=O) groups is 1. The molecule has 0 saturated heterocycles. The van der Waals surface area contributed by atoms with Gasteiger partial charge in [-0.05, 0) is 36.5 Å². The van der Waals surface area contributed by atoms with Crippen LogP contribution in [0.1, 0.15) is 31.7 Å². The number of anilines is 1. The number of rotatable bonds is 4. The fourth-order valence-electron chi connectivity index (χ4n) is 4.43. The van der Waals surface area contributed by atoms with Crippen molar-refractivity contribution in [2.24, 2.45) is 5.73 Å². The maximum atomic E-state index is 12.5. The lowest BCUT2D eigenvalue weighted by Crippen LogP contribution is -2.43. The van der Waals surface area contributed by atoms with Crippen LogP contribution in [-0.2, 0) is 10.3 Å². The zero-order valence-electron chi connectivity index (χ0n) is 17.9. The van der Waals surface area contributed by atoms with Crippen molar-refractivity contribution in [2.45, 2.75) is 37.9 Å². The molecule has 5 rings (SSSR count). The van der Waals surface area contributed by atoms with E-state index in [1.165, 1.54) is 11.3 Å². The Kier molecular flexibility index (Phi) is 4.91. The van der Waals surface area contributed by atoms with Gasteiger partial charge in [-0.1, -0.05) is 54.6 Å². The number of hydrogen-bond donors (Lipinski definition) is 1. The number of pyridine rings is 1. The van der Waals surface area contributed by atoms with Crippen LogP contribution in [0.2, 0.25) is 0 Å². The summed E-state index contributed by atoms with van der Waals surface area (Å²) in [6.45, 7) is 9.00. The summed E-state index contributed by atoms with van der Waals surface area (Å²) in [5.41, 5.74) is 11.5. The first kappa shape index (κ1) is 20.2. The third kappa shape index (κ3) is 3.31. The molecule has 2 N–H and O–H groups in total. The molecule has 0 bridgehead atoms. The Morgan fingerprint density at radius 3 is 2.47 bits per heavy atom. The van der Waals surface area contributed by atoms with Crippen LogP contribution < -0.4 is 15.4 Å². The van der Waals surface area contributed by atoms with E-state index in [4.69, 9.17) is 22.0 Å². The minimum absolute atomic E-state index is 0.126. The molecule has 1 saturated carbocycles. The van der Waals surface area contributed by atoms with Crippen LogP contribution in [0, 0.1) is 6.57 Å². The number of amides is 1. The summed E-state index contributed by atoms with van der Waals surface area (Å²) in [5, 5.41) is 0. The van der Waals surface area contributed by atoms with Crippen molar-refractivity contribution in [2.75, 3.05) is 11.5 Å². The third-order valence-corrected chi connectivity index (χ3v) is 6.45. The molecule has 2 heterocycles. The Morgan fingerprint density at radius 1 is 1.12 bits per heavy atom. The monoisotopic (exact) mass is 424 g/mol. The van der Waals surface area contributed by atoms with Gasteiger partial charge in [-0.15, -0.1) is 0 Å². The average molecular weight is 425 g/mol. The summed E-state index contributed by atoms with van der Waals surface area (Å²) in [6.07, 6.45) is 2.55. The molecule has 2 aromatic carbocycles. The van der Waals surface area contributed by atoms with E-state index in [9.17, 15) is 4.79 Å². The predicted molar refractivity (Wildman–Crippen MR) is 124 cm³/mol. The lowest BCUT2D eigenvalue weighted by atomic mass is 9.72. The highest BCUT2D eigenvalue weighted by Gasteiger charge is 2.36. The summed E-state index contributed by atoms with van der Waals surface area (Å²) in [5.74, 6) is 0.126. The average Bonchev–Trinajstić information content (AvgIpc) is 2.82. The molecule has 0 radical (unpaired) electrons. The Labute approximate surface area is 187 Å². The molecule has 32 heavy (non-hydrogen) atoms. The molecule has 1 aromatic heterocycles. The highest BCUT2D eigenvalue weighted by Crippen LogP contribution is 2.42. The molecule has 1 amide bonds. The zero-order valence-corrected chi connectivity index (χ0v) is 17.9. The number of ether oxygens (including phenoxy) is 1. The van der Waals surface area contributed by atoms with Crippen molar-refractivity contribution >= 4 is 11.6 Å². The molecule has 1 unspecified atom stereocenters. The van der Waals surface area contributed by atoms with Crippen LogP contribution in [0.5, 0.6) is 5.88 Å². The first-order chi connectivity index (χ1) is 15.5. The molecule has 3 aromatic rings. The number of nitrogens with two attached hydrogens (primary N) is 1. The van der Waals surface area contributed by atoms with Crippen LogP contribution in [0.25, 0.3) is 27.2 Å². The first-order valence-corrected chi connectivity index (χ1v) is 10.8. The number of hydrogen-bond acceptors (Lipinski definition) is 4. The van der Waals surface area contributed by atoms with Crippen molar-refractivity contribution in [1.82, 2.24) is 4.98 Å². The number of aromatic nitrogens is 1. The highest BCUT2D eigenvalue weighted by molar-refractivity contribution is 6.00. The van der Waals surface area contributed by atoms with Crippen LogP contribution in [0.15, 0.2) is 60.7 Å². The molecule has 6 heteroatoms. The lowest BCUT2D eigenvalue weighted by molar-refractivity contribution is -0.121. The highest BCUT2D eigenvalue weighted by atomic mass is 16.5. The Bertz CT molecular complexity index is 1210. The zero-order chi connectivity index (χ0) is 22.3. The van der Waals surface area contributed by atoms with Gasteiger partial charge in [0, 0.05) is 23.6 Å². The fraction of sp³-hybridized carbons (Fsp3) is 0.269. The molecular weight excluding hydrogens is 400 g/mol. The third-order valence-electron chi connectivity index (χ3n) is 6.45. The topological polar surface area (TPSA) is 72.8 Å². The molecule has 1 aliphatic carbocycles. The maximum Gasteiger partial charge on any atom is 0.302 e. The molecule has 1 aliphatic heterocycles. The SMILES string of the molecule is [C-]#[N+]C(C)N1C(=O)COc2nc(-c3ccc(C4(N)CCC4)cc3)c(-c3ccccc3)cc21. The summed E-state index contributed by atoms with van der Waals surface area (Å²) in [6, 6.07) is 20.1. The second-order valence-electron chi connectivity index (χ2n) is 8.48. The quantitative estimate of drug-likeness (QED) is 0.614. The second kappa shape index (κ2) is 7.77. The summed E-state index contributed by atoms with van der Waals surface area (Å²) >= 11 is 0. The van der Waals surface area contributed by atoms with E-state index < -0.39 is 6.17 Å². The lowest BCUT2D eigenvalue weighted by Gasteiger charge is -2.38. The van der Waals surface area contributed by atoms with Gasteiger partial charge >= 0.3 is 6.17 Å². The van der Waals surface area contributed by atoms with Gasteiger partial charge in [0.05, 0.1) is 5.69 Å². The summed E-state index contributed by atoms with van der Waals surface area (Å²) in [4.78, 5) is 22.4. The van der Waals surface area contributed by atoms with E-state index in [0.717, 1.165) is 40.8 Å². The summed E-state index contributed by atoms with van der Waals surface area (Å²) in [7, 11) is 0. The standard InChI is InChI=1S/C26H24N4O2/c1-17(28-2)30-22-15-21(18-7-4-3-5-8-18)24(29-25(22)32-16-23(30)31)19-9-11-20(12-10-19)26(27)13-6-14-26/h3-5,7-12,15,17H,6,13-14,16,27H2,1H3. The van der Waals surface area contributed by atoms with E-state index >= 15 is 0 Å². The van der Waals surface area contributed by atoms with Crippen LogP contribution in [0.4, 0.5) is 5.69 Å². The molecular formula is C26H24N4O2. The van der Waals surface area contributed by atoms with Crippen molar-refractivity contribution in [3.8, 4) is 28.3 Å². The largest absolute Gasteiger partial charge is 0.466 e. The van der Waals surface area contributed by atoms with E-state index in [1.807, 2.05) is 36.4 Å². The predicted octanol–water partition coefficient (Wildman–Crippen LogP) is 4.74. The van der Waals surface area contributed by atoms with Crippen LogP contribution >= 0.6 is 0 Å². The van der Waals surface area contributed by atoms with Crippen molar-refractivity contribution in [3.63, 3.8) is 0 Å². The number of carbonyl (C=O) groups excluding carboxylic acids is 1. The van der Waals surface area contributed by atoms with E-state index in [0.29, 0.717) is 11.6 Å². The number of benzene rings is 2. The maximum absolute atomic E-state index is 12.5. The number of nitrogens with zero attached hydrogens (tertiary/aromatic N) is 3. The molecule has 1 atom stereocenters. The van der Waals surface area contributed by atoms with Crippen LogP contribution in [-0.4, -0.2) is 23.7 Å². The van der Waals surface area contributed by atoms with Gasteiger partial charge < -0.3 is 10.5 Å². The van der Waals surface area contributed by atoms with Gasteiger partial charge in [0.15, 0.2) is 6.61 Å². The van der Waals surface area contributed by atoms with Gasteiger partial charge in [-0.3, -0.25) is 9.64 Å². The normalized spacial score (nSPS) is 17.5. The minimum atomic E-state index is -0.635. The Morgan fingerprint density at radius 2 is 1.84 bits per heavy atom. The fourth-order valence-corrected chi connectivity index (χ4v) is 4.43. The van der Waals surface area contributed by atoms with Gasteiger partial charge in [0.1, 0.15) is 5.69 Å². The van der Waals surface area contributed by atoms with Gasteiger partial charge in [-0.2, -0.15) is 0 Å². The first-order valence-electron chi connectivity index (χ1n) is 10.8. The van der Waals surface area contributed by atoms with E-state index in [-0.39, 0.29) is 18.1 Å². The van der Waals surface area contributed by atoms with Gasteiger partial charge in [-0.25, -0.2) is 16.5 Å². The second-order valence-corrected chi connectivity index (χ2v) is 8.48. The Hall–Kier alpha value is -3.69. The summed E-state index contributed by atoms with van der Waals surface area (Å²) < 4.78 is 5.69. The van der Waals surface area contributed by atoms with Gasteiger partial charge in [0.25, 0.3) is 5.91 Å². The Balaban J connectivity index is 1.66. The minimum Gasteiger partial charge on any atom is -0.466 e. The molecule has 6 nitrogen and oxygen atoms in total.